The van der Waals surface area contributed by atoms with Crippen LogP contribution in [0.3, 0.4) is 0 Å². The molecule has 0 amide bonds. The number of aryl methyl sites for hydroxylation is 1. The Bertz CT molecular complexity index is 937. The van der Waals surface area contributed by atoms with Crippen LogP contribution in [0, 0.1) is 5.82 Å². The molecule has 28 heavy (non-hydrogen) atoms. The second-order valence-electron chi connectivity index (χ2n) is 6.84. The molecule has 0 aliphatic rings. The van der Waals surface area contributed by atoms with Crippen molar-refractivity contribution in [2.24, 2.45) is 0 Å². The summed E-state index contributed by atoms with van der Waals surface area (Å²) < 4.78 is 41.9. The summed E-state index contributed by atoms with van der Waals surface area (Å²) >= 11 is 0. The molecule has 0 saturated heterocycles. The highest BCUT2D eigenvalue weighted by atomic mass is 19.3. The van der Waals surface area contributed by atoms with Gasteiger partial charge in [0.15, 0.2) is 0 Å². The summed E-state index contributed by atoms with van der Waals surface area (Å²) in [5, 5.41) is 0. The van der Waals surface area contributed by atoms with Crippen molar-refractivity contribution in [1.82, 2.24) is 9.97 Å². The largest absolute Gasteiger partial charge is 0.289 e. The van der Waals surface area contributed by atoms with Gasteiger partial charge in [-0.2, -0.15) is 8.78 Å². The maximum atomic E-state index is 14.0. The highest BCUT2D eigenvalue weighted by molar-refractivity contribution is 5.70. The van der Waals surface area contributed by atoms with Gasteiger partial charge in [0.1, 0.15) is 11.5 Å². The fraction of sp³-hybridized carbons (Fsp3) is 0.304. The number of hydrogen-bond donors (Lipinski definition) is 0. The normalized spacial score (nSPS) is 11.6. The molecule has 2 aromatic heterocycles. The number of pyridine rings is 2. The molecule has 0 atom stereocenters. The molecule has 2 heterocycles. The van der Waals surface area contributed by atoms with Gasteiger partial charge in [0.2, 0.25) is 0 Å². The van der Waals surface area contributed by atoms with Gasteiger partial charge in [0.05, 0.1) is 5.69 Å². The van der Waals surface area contributed by atoms with Crippen LogP contribution in [0.4, 0.5) is 13.2 Å². The van der Waals surface area contributed by atoms with E-state index in [1.165, 1.54) is 24.4 Å². The molecule has 0 aliphatic heterocycles. The minimum atomic E-state index is -2.92. The van der Waals surface area contributed by atoms with Crippen LogP contribution in [-0.2, 0) is 18.8 Å². The number of benzene rings is 1. The fourth-order valence-electron chi connectivity index (χ4n) is 3.31. The van der Waals surface area contributed by atoms with E-state index in [1.807, 2.05) is 19.1 Å². The molecule has 3 aromatic rings. The van der Waals surface area contributed by atoms with Crippen molar-refractivity contribution in [2.75, 3.05) is 0 Å². The fourth-order valence-corrected chi connectivity index (χ4v) is 3.31. The summed E-state index contributed by atoms with van der Waals surface area (Å²) in [5.41, 5.74) is 4.02. The zero-order valence-electron chi connectivity index (χ0n) is 16.1. The molecule has 1 aromatic carbocycles. The third-order valence-electron chi connectivity index (χ3n) is 4.77. The van der Waals surface area contributed by atoms with E-state index in [1.54, 1.807) is 25.3 Å². The molecule has 146 valence electrons. The van der Waals surface area contributed by atoms with Gasteiger partial charge in [-0.1, -0.05) is 38.5 Å². The summed E-state index contributed by atoms with van der Waals surface area (Å²) in [6.45, 7) is 3.74. The van der Waals surface area contributed by atoms with Crippen molar-refractivity contribution in [3.05, 3.63) is 83.2 Å². The summed E-state index contributed by atoms with van der Waals surface area (Å²) in [4.78, 5) is 8.44. The number of alkyl halides is 2. The van der Waals surface area contributed by atoms with Crippen LogP contribution in [-0.4, -0.2) is 9.97 Å². The molecule has 0 N–H and O–H groups in total. The molecule has 0 unspecified atom stereocenters. The zero-order chi connectivity index (χ0) is 20.1. The van der Waals surface area contributed by atoms with Crippen LogP contribution in [0.1, 0.15) is 49.2 Å². The van der Waals surface area contributed by atoms with Crippen LogP contribution >= 0.6 is 0 Å². The van der Waals surface area contributed by atoms with Crippen LogP contribution in [0.5, 0.6) is 0 Å². The van der Waals surface area contributed by atoms with E-state index in [-0.39, 0.29) is 17.9 Å². The molecule has 3 rings (SSSR count). The van der Waals surface area contributed by atoms with Crippen molar-refractivity contribution in [3.63, 3.8) is 0 Å². The SMILES string of the molecule is CCCC(F)(F)c1ccc(Cc2ncccc2-c2cc(F)ccc2CC)cn1. The van der Waals surface area contributed by atoms with Crippen LogP contribution < -0.4 is 0 Å². The molecular weight excluding hydrogens is 361 g/mol. The smallest absolute Gasteiger partial charge is 0.260 e. The minimum absolute atomic E-state index is 0.210. The number of hydrogen-bond acceptors (Lipinski definition) is 2. The quantitative estimate of drug-likeness (QED) is 0.476. The Morgan fingerprint density at radius 2 is 1.79 bits per heavy atom. The van der Waals surface area contributed by atoms with Crippen molar-refractivity contribution in [2.45, 2.75) is 45.5 Å². The Balaban J connectivity index is 1.92. The minimum Gasteiger partial charge on any atom is -0.260 e. The average molecular weight is 384 g/mol. The Labute approximate surface area is 163 Å². The van der Waals surface area contributed by atoms with E-state index < -0.39 is 5.92 Å². The van der Waals surface area contributed by atoms with Gasteiger partial charge in [-0.3, -0.25) is 9.97 Å². The number of aromatic nitrogens is 2. The first kappa shape index (κ1) is 20.1. The third-order valence-corrected chi connectivity index (χ3v) is 4.77. The summed E-state index contributed by atoms with van der Waals surface area (Å²) in [6.07, 6.45) is 4.53. The molecule has 2 nitrogen and oxygen atoms in total. The molecule has 0 bridgehead atoms. The van der Waals surface area contributed by atoms with Gasteiger partial charge < -0.3 is 0 Å². The van der Waals surface area contributed by atoms with Crippen molar-refractivity contribution in [1.29, 1.82) is 0 Å². The Morgan fingerprint density at radius 3 is 2.46 bits per heavy atom. The lowest BCUT2D eigenvalue weighted by molar-refractivity contribution is -0.0184. The molecule has 0 fully saturated rings. The van der Waals surface area contributed by atoms with E-state index >= 15 is 0 Å². The third kappa shape index (κ3) is 4.41. The number of nitrogens with zero attached hydrogens (tertiary/aromatic N) is 2. The Hall–Kier alpha value is -2.69. The lowest BCUT2D eigenvalue weighted by Crippen LogP contribution is -2.14. The standard InChI is InChI=1S/C23H23F3N2/c1-3-11-23(25,26)22-10-7-16(15-28-22)13-21-19(6-5-12-27-21)20-14-18(24)9-8-17(20)4-2/h5-10,12,14-15H,3-4,11,13H2,1-2H3. The molecular formula is C23H23F3N2. The van der Waals surface area contributed by atoms with Crippen molar-refractivity contribution in [3.8, 4) is 11.1 Å². The van der Waals surface area contributed by atoms with Gasteiger partial charge in [-0.15, -0.1) is 0 Å². The predicted molar refractivity (Wildman–Crippen MR) is 105 cm³/mol. The van der Waals surface area contributed by atoms with Crippen LogP contribution in [0.15, 0.2) is 54.9 Å². The monoisotopic (exact) mass is 384 g/mol. The van der Waals surface area contributed by atoms with Gasteiger partial charge >= 0.3 is 0 Å². The second kappa shape index (κ2) is 8.55. The molecule has 0 saturated carbocycles. The average Bonchev–Trinajstić information content (AvgIpc) is 2.69. The summed E-state index contributed by atoms with van der Waals surface area (Å²) in [7, 11) is 0. The second-order valence-corrected chi connectivity index (χ2v) is 6.84. The van der Waals surface area contributed by atoms with Gasteiger partial charge in [-0.05, 0) is 47.4 Å². The summed E-state index contributed by atoms with van der Waals surface area (Å²) in [5.74, 6) is -3.22. The highest BCUT2D eigenvalue weighted by Gasteiger charge is 2.31. The van der Waals surface area contributed by atoms with Crippen LogP contribution in [0.2, 0.25) is 0 Å². The number of rotatable bonds is 7. The first-order valence-corrected chi connectivity index (χ1v) is 9.50. The van der Waals surface area contributed by atoms with E-state index in [0.29, 0.717) is 12.8 Å². The van der Waals surface area contributed by atoms with Gasteiger partial charge in [0.25, 0.3) is 5.92 Å². The number of halogens is 3. The first-order valence-electron chi connectivity index (χ1n) is 9.50. The highest BCUT2D eigenvalue weighted by Crippen LogP contribution is 2.32. The molecule has 5 heteroatoms. The molecule has 0 radical (unpaired) electrons. The van der Waals surface area contributed by atoms with E-state index in [4.69, 9.17) is 0 Å². The first-order chi connectivity index (χ1) is 13.4. The van der Waals surface area contributed by atoms with E-state index in [9.17, 15) is 13.2 Å². The van der Waals surface area contributed by atoms with Crippen molar-refractivity contribution < 1.29 is 13.2 Å². The summed E-state index contributed by atoms with van der Waals surface area (Å²) in [6, 6.07) is 11.5. The Kier molecular flexibility index (Phi) is 6.12. The molecule has 0 aliphatic carbocycles. The topological polar surface area (TPSA) is 25.8 Å². The zero-order valence-corrected chi connectivity index (χ0v) is 16.1. The van der Waals surface area contributed by atoms with Crippen LogP contribution in [0.25, 0.3) is 11.1 Å². The Morgan fingerprint density at radius 1 is 0.964 bits per heavy atom. The predicted octanol–water partition coefficient (Wildman–Crippen LogP) is 6.33. The lowest BCUT2D eigenvalue weighted by Gasteiger charge is -2.15. The maximum Gasteiger partial charge on any atom is 0.289 e. The van der Waals surface area contributed by atoms with E-state index in [0.717, 1.165) is 34.4 Å². The van der Waals surface area contributed by atoms with Crippen molar-refractivity contribution >= 4 is 0 Å². The van der Waals surface area contributed by atoms with E-state index in [2.05, 4.69) is 9.97 Å². The van der Waals surface area contributed by atoms with Gasteiger partial charge in [0, 0.05) is 30.8 Å². The lowest BCUT2D eigenvalue weighted by atomic mass is 9.94. The van der Waals surface area contributed by atoms with Gasteiger partial charge in [-0.25, -0.2) is 4.39 Å². The molecule has 0 spiro atoms. The maximum absolute atomic E-state index is 14.0.